The number of anilines is 2. The molecule has 5 aromatic rings. The molecule has 3 N–H and O–H groups in total. The van der Waals surface area contributed by atoms with Gasteiger partial charge in [0.15, 0.2) is 0 Å². The van der Waals surface area contributed by atoms with E-state index in [4.69, 9.17) is 14.2 Å². The van der Waals surface area contributed by atoms with E-state index in [-0.39, 0.29) is 47.9 Å². The van der Waals surface area contributed by atoms with Crippen molar-refractivity contribution in [2.45, 2.75) is 69.4 Å². The highest BCUT2D eigenvalue weighted by molar-refractivity contribution is 7.90. The molecule has 0 saturated carbocycles. The van der Waals surface area contributed by atoms with Crippen LogP contribution in [-0.4, -0.2) is 123 Å². The number of sulfonamides is 1. The van der Waals surface area contributed by atoms with Gasteiger partial charge in [-0.2, -0.15) is 0 Å². The lowest BCUT2D eigenvalue weighted by Crippen LogP contribution is -2.47. The van der Waals surface area contributed by atoms with E-state index in [9.17, 15) is 32.1 Å². The fourth-order valence-corrected chi connectivity index (χ4v) is 11.3. The summed E-state index contributed by atoms with van der Waals surface area (Å²) in [6.07, 6.45) is 5.82. The van der Waals surface area contributed by atoms with Gasteiger partial charge in [0.25, 0.3) is 27.5 Å². The van der Waals surface area contributed by atoms with Gasteiger partial charge in [-0.15, -0.1) is 11.3 Å². The summed E-state index contributed by atoms with van der Waals surface area (Å²) in [7, 11) is -4.60. The van der Waals surface area contributed by atoms with Crippen molar-refractivity contribution in [2.75, 3.05) is 82.4 Å². The highest BCUT2D eigenvalue weighted by atomic mass is 32.2. The van der Waals surface area contributed by atoms with Crippen molar-refractivity contribution in [3.8, 4) is 11.5 Å². The largest absolute Gasteiger partial charge is 0.455 e. The number of allylic oxidation sites excluding steroid dienone is 1. The second kappa shape index (κ2) is 19.8. The molecule has 4 aliphatic rings. The minimum atomic E-state index is -4.60. The number of alkyl halides is 2. The quantitative estimate of drug-likeness (QED) is 0.0673. The van der Waals surface area contributed by atoms with Gasteiger partial charge >= 0.3 is 0 Å². The number of hydrogen-bond acceptors (Lipinski definition) is 14. The van der Waals surface area contributed by atoms with E-state index in [1.807, 2.05) is 6.07 Å². The van der Waals surface area contributed by atoms with E-state index in [1.165, 1.54) is 46.0 Å². The predicted octanol–water partition coefficient (Wildman–Crippen LogP) is 8.29. The number of pyridine rings is 1. The van der Waals surface area contributed by atoms with E-state index in [0.29, 0.717) is 63.9 Å². The highest BCUT2D eigenvalue weighted by Gasteiger charge is 2.35. The molecule has 2 aromatic carbocycles. The van der Waals surface area contributed by atoms with Gasteiger partial charge in [-0.05, 0) is 83.7 Å². The van der Waals surface area contributed by atoms with Gasteiger partial charge in [0.05, 0.1) is 47.5 Å². The molecule has 0 unspecified atom stereocenters. The molecule has 1 atom stereocenters. The number of likely N-dealkylation sites (tertiary alicyclic amines) is 1. The lowest BCUT2D eigenvalue weighted by atomic mass is 9.73. The number of H-pyrrole nitrogens is 1. The van der Waals surface area contributed by atoms with E-state index < -0.39 is 37.4 Å². The van der Waals surface area contributed by atoms with Crippen molar-refractivity contribution in [1.82, 2.24) is 24.5 Å². The maximum absolute atomic E-state index is 14.0. The van der Waals surface area contributed by atoms with Crippen LogP contribution in [0.1, 0.15) is 66.8 Å². The summed E-state index contributed by atoms with van der Waals surface area (Å²) in [4.78, 5) is 40.4. The van der Waals surface area contributed by atoms with Crippen LogP contribution in [0, 0.1) is 15.5 Å². The number of benzene rings is 2. The zero-order valence-corrected chi connectivity index (χ0v) is 39.7. The van der Waals surface area contributed by atoms with Gasteiger partial charge in [0.1, 0.15) is 22.8 Å². The zero-order chi connectivity index (χ0) is 47.6. The Morgan fingerprint density at radius 2 is 1.79 bits per heavy atom. The summed E-state index contributed by atoms with van der Waals surface area (Å²) in [6.45, 7) is 11.3. The molecule has 362 valence electrons. The second-order valence-electron chi connectivity index (χ2n) is 18.8. The lowest BCUT2D eigenvalue weighted by Gasteiger charge is -2.39. The van der Waals surface area contributed by atoms with Gasteiger partial charge < -0.3 is 29.4 Å². The van der Waals surface area contributed by atoms with Crippen LogP contribution >= 0.6 is 11.3 Å². The average molecular weight is 975 g/mol. The topological polar surface area (TPSA) is 185 Å². The average Bonchev–Trinajstić information content (AvgIpc) is 4.00. The number of nitro benzene ring substituents is 1. The van der Waals surface area contributed by atoms with Crippen molar-refractivity contribution in [3.63, 3.8) is 0 Å². The predicted molar refractivity (Wildman–Crippen MR) is 256 cm³/mol. The summed E-state index contributed by atoms with van der Waals surface area (Å²) in [5.74, 6) is -3.12. The number of carbonyl (C=O) groups is 1. The first-order valence-electron chi connectivity index (χ1n) is 23.0. The standard InChI is InChI=1S/C48H56F2N8O8S2/c1-47(2)9-7-34(40(25-47)44-21-32(31-67-44)28-55-13-10-48(49,50)11-14-55)29-56-15-17-57(18-16-56)35-3-5-39(43(23-35)66-36-22-33-8-12-51-45(33)53-26-36)46(59)54-68(62,63)38-4-6-41(42(24-38)58(60)61)52-27-37-30-64-19-20-65-37/h3-6,8,12,21-24,26,31,37,52H,7,9-11,13-20,25,27-30H2,1-2H3,(H,51,53)(H,54,59)/t37-/m0/s1. The molecule has 3 fully saturated rings. The van der Waals surface area contributed by atoms with E-state index in [0.717, 1.165) is 56.0 Å². The molecule has 0 radical (unpaired) electrons. The van der Waals surface area contributed by atoms with Crippen molar-refractivity contribution in [1.29, 1.82) is 0 Å². The van der Waals surface area contributed by atoms with Crippen LogP contribution in [0.15, 0.2) is 82.8 Å². The molecule has 0 bridgehead atoms. The number of aromatic nitrogens is 2. The molecule has 0 spiro atoms. The van der Waals surface area contributed by atoms with Crippen LogP contribution in [0.5, 0.6) is 11.5 Å². The summed E-state index contributed by atoms with van der Waals surface area (Å²) < 4.78 is 74.5. The Balaban J connectivity index is 0.900. The lowest BCUT2D eigenvalue weighted by molar-refractivity contribution is -0.384. The molecular formula is C48H56F2N8O8S2. The Hall–Kier alpha value is -5.51. The van der Waals surface area contributed by atoms with E-state index >= 15 is 0 Å². The first kappa shape index (κ1) is 47.6. The number of aromatic amines is 1. The molecule has 16 nitrogen and oxygen atoms in total. The minimum Gasteiger partial charge on any atom is -0.455 e. The first-order valence-corrected chi connectivity index (χ1v) is 25.3. The van der Waals surface area contributed by atoms with Gasteiger partial charge in [0, 0.05) is 106 Å². The molecule has 1 aliphatic carbocycles. The maximum Gasteiger partial charge on any atom is 0.293 e. The monoisotopic (exact) mass is 974 g/mol. The second-order valence-corrected chi connectivity index (χ2v) is 21.4. The van der Waals surface area contributed by atoms with Crippen LogP contribution in [0.2, 0.25) is 0 Å². The number of carbonyl (C=O) groups excluding carboxylic acids is 1. The van der Waals surface area contributed by atoms with Gasteiger partial charge in [-0.1, -0.05) is 19.4 Å². The van der Waals surface area contributed by atoms with Gasteiger partial charge in [-0.25, -0.2) is 26.9 Å². The fraction of sp³-hybridized carbons (Fsp3) is 0.458. The number of nitrogens with one attached hydrogen (secondary N) is 3. The Morgan fingerprint density at radius 1 is 1.00 bits per heavy atom. The number of amides is 1. The van der Waals surface area contributed by atoms with Crippen LogP contribution in [-0.2, 0) is 26.0 Å². The molecule has 3 saturated heterocycles. The molecular weight excluding hydrogens is 919 g/mol. The third kappa shape index (κ3) is 11.3. The third-order valence-corrected chi connectivity index (χ3v) is 15.6. The smallest absolute Gasteiger partial charge is 0.293 e. The van der Waals surface area contributed by atoms with Crippen LogP contribution in [0.4, 0.5) is 25.8 Å². The maximum atomic E-state index is 14.0. The number of piperidine rings is 1. The van der Waals surface area contributed by atoms with Crippen molar-refractivity contribution in [2.24, 2.45) is 5.41 Å². The number of halogens is 2. The Kier molecular flexibility index (Phi) is 13.9. The van der Waals surface area contributed by atoms with E-state index in [1.54, 1.807) is 35.7 Å². The summed E-state index contributed by atoms with van der Waals surface area (Å²) in [5.41, 5.74) is 5.15. The molecule has 20 heteroatoms. The minimum absolute atomic E-state index is 0.0680. The third-order valence-electron chi connectivity index (χ3n) is 13.2. The Labute approximate surface area is 397 Å². The number of ether oxygens (including phenoxy) is 3. The normalized spacial score (nSPS) is 20.4. The van der Waals surface area contributed by atoms with Gasteiger partial charge in [0.2, 0.25) is 0 Å². The number of hydrogen-bond donors (Lipinski definition) is 3. The van der Waals surface area contributed by atoms with Crippen molar-refractivity contribution >= 4 is 60.9 Å². The van der Waals surface area contributed by atoms with E-state index in [2.05, 4.69) is 60.0 Å². The number of nitrogens with zero attached hydrogens (tertiary/aromatic N) is 5. The van der Waals surface area contributed by atoms with Crippen molar-refractivity contribution < 1.29 is 41.1 Å². The van der Waals surface area contributed by atoms with Crippen LogP contribution in [0.3, 0.4) is 0 Å². The number of nitro groups is 1. The molecule has 68 heavy (non-hydrogen) atoms. The Bertz CT molecular complexity index is 2790. The van der Waals surface area contributed by atoms with Crippen LogP contribution < -0.4 is 19.7 Å². The fourth-order valence-electron chi connectivity index (χ4n) is 9.29. The molecule has 3 aromatic heterocycles. The van der Waals surface area contributed by atoms with Gasteiger partial charge in [-0.3, -0.25) is 24.7 Å². The molecule has 1 amide bonds. The SMILES string of the molecule is CC1(C)CCC(CN2CCN(c3ccc(C(=O)NS(=O)(=O)c4ccc(NC[C@H]5COCCO5)c([N+](=O)[O-])c4)c(Oc4cnc5[nH]ccc5c4)c3)CC2)=C(c2cc(CN3CCC(F)(F)CC3)cs2)C1. The number of thiophene rings is 1. The summed E-state index contributed by atoms with van der Waals surface area (Å²) >= 11 is 1.75. The summed E-state index contributed by atoms with van der Waals surface area (Å²) in [5, 5.41) is 18.0. The molecule has 3 aliphatic heterocycles. The highest BCUT2D eigenvalue weighted by Crippen LogP contribution is 2.45. The summed E-state index contributed by atoms with van der Waals surface area (Å²) in [6, 6.07) is 14.2. The number of fused-ring (bicyclic) bond motifs is 1. The number of rotatable bonds is 15. The zero-order valence-electron chi connectivity index (χ0n) is 38.1. The van der Waals surface area contributed by atoms with Crippen molar-refractivity contribution in [3.05, 3.63) is 104 Å². The Morgan fingerprint density at radius 3 is 2.56 bits per heavy atom. The molecule has 6 heterocycles. The van der Waals surface area contributed by atoms with Crippen LogP contribution in [0.25, 0.3) is 16.6 Å². The number of piperazine rings is 1. The first-order chi connectivity index (χ1) is 32.6. The molecule has 9 rings (SSSR count).